The molecule has 1 amide bonds. The van der Waals surface area contributed by atoms with Crippen molar-refractivity contribution >= 4 is 5.91 Å². The molecular formula is C13H15N5O2. The molecule has 1 aliphatic rings. The van der Waals surface area contributed by atoms with Gasteiger partial charge < -0.3 is 10.1 Å². The standard InChI is InChI=1S/C13H15N5O2/c19-13(14-8-12-5-2-6-20-12)10-3-1-4-11(7-10)18-9-15-16-17-18/h1,3-4,7,9,12H,2,5-6,8H2,(H,14,19)/t12-/m0/s1. The minimum atomic E-state index is -0.115. The van der Waals surface area contributed by atoms with E-state index in [-0.39, 0.29) is 12.0 Å². The first-order chi connectivity index (χ1) is 9.83. The fourth-order valence-electron chi connectivity index (χ4n) is 2.18. The number of amides is 1. The van der Waals surface area contributed by atoms with E-state index in [2.05, 4.69) is 20.8 Å². The van der Waals surface area contributed by atoms with Crippen molar-refractivity contribution < 1.29 is 9.53 Å². The van der Waals surface area contributed by atoms with Gasteiger partial charge in [-0.2, -0.15) is 0 Å². The Bertz CT molecular complexity index is 578. The number of carbonyl (C=O) groups is 1. The van der Waals surface area contributed by atoms with Crippen LogP contribution in [0, 0.1) is 0 Å². The van der Waals surface area contributed by atoms with Crippen molar-refractivity contribution in [3.63, 3.8) is 0 Å². The molecule has 1 aromatic carbocycles. The zero-order chi connectivity index (χ0) is 13.8. The highest BCUT2D eigenvalue weighted by Gasteiger charge is 2.16. The van der Waals surface area contributed by atoms with E-state index in [0.717, 1.165) is 25.1 Å². The maximum absolute atomic E-state index is 12.1. The maximum Gasteiger partial charge on any atom is 0.251 e. The molecule has 20 heavy (non-hydrogen) atoms. The van der Waals surface area contributed by atoms with Gasteiger partial charge in [0.2, 0.25) is 0 Å². The van der Waals surface area contributed by atoms with Gasteiger partial charge in [-0.1, -0.05) is 6.07 Å². The van der Waals surface area contributed by atoms with Crippen LogP contribution in [0.2, 0.25) is 0 Å². The van der Waals surface area contributed by atoms with Crippen molar-refractivity contribution in [1.29, 1.82) is 0 Å². The molecule has 1 fully saturated rings. The largest absolute Gasteiger partial charge is 0.376 e. The molecule has 3 rings (SSSR count). The van der Waals surface area contributed by atoms with Crippen molar-refractivity contribution in [3.8, 4) is 5.69 Å². The van der Waals surface area contributed by atoms with Crippen molar-refractivity contribution in [2.45, 2.75) is 18.9 Å². The Labute approximate surface area is 115 Å². The van der Waals surface area contributed by atoms with E-state index in [1.807, 2.05) is 6.07 Å². The molecular weight excluding hydrogens is 258 g/mol. The van der Waals surface area contributed by atoms with Crippen LogP contribution in [0.15, 0.2) is 30.6 Å². The van der Waals surface area contributed by atoms with E-state index in [0.29, 0.717) is 12.1 Å². The number of tetrazole rings is 1. The molecule has 104 valence electrons. The number of hydrogen-bond acceptors (Lipinski definition) is 5. The van der Waals surface area contributed by atoms with Crippen LogP contribution in [0.4, 0.5) is 0 Å². The Kier molecular flexibility index (Phi) is 3.69. The highest BCUT2D eigenvalue weighted by molar-refractivity contribution is 5.94. The second kappa shape index (κ2) is 5.79. The average Bonchev–Trinajstić information content (AvgIpc) is 3.18. The SMILES string of the molecule is O=C(NC[C@@H]1CCCO1)c1cccc(-n2cnnn2)c1. The van der Waals surface area contributed by atoms with Crippen LogP contribution in [0.3, 0.4) is 0 Å². The topological polar surface area (TPSA) is 81.9 Å². The molecule has 0 unspecified atom stereocenters. The Morgan fingerprint density at radius 1 is 1.50 bits per heavy atom. The number of rotatable bonds is 4. The van der Waals surface area contributed by atoms with Crippen LogP contribution >= 0.6 is 0 Å². The Balaban J connectivity index is 1.66. The predicted octanol–water partition coefficient (Wildman–Crippen LogP) is 0.571. The molecule has 0 bridgehead atoms. The zero-order valence-corrected chi connectivity index (χ0v) is 10.9. The fraction of sp³-hybridized carbons (Fsp3) is 0.385. The lowest BCUT2D eigenvalue weighted by Gasteiger charge is -2.11. The molecule has 1 atom stereocenters. The molecule has 1 aliphatic heterocycles. The van der Waals surface area contributed by atoms with Gasteiger partial charge in [-0.25, -0.2) is 4.68 Å². The normalized spacial score (nSPS) is 18.1. The van der Waals surface area contributed by atoms with E-state index in [1.54, 1.807) is 18.2 Å². The van der Waals surface area contributed by atoms with Crippen LogP contribution in [0.1, 0.15) is 23.2 Å². The monoisotopic (exact) mass is 273 g/mol. The van der Waals surface area contributed by atoms with E-state index in [1.165, 1.54) is 11.0 Å². The lowest BCUT2D eigenvalue weighted by molar-refractivity contribution is 0.0858. The van der Waals surface area contributed by atoms with Gasteiger partial charge in [0.1, 0.15) is 6.33 Å². The number of nitrogens with zero attached hydrogens (tertiary/aromatic N) is 4. The Hall–Kier alpha value is -2.28. The molecule has 7 nitrogen and oxygen atoms in total. The summed E-state index contributed by atoms with van der Waals surface area (Å²) in [5.74, 6) is -0.115. The molecule has 2 heterocycles. The van der Waals surface area contributed by atoms with Crippen molar-refractivity contribution in [2.24, 2.45) is 0 Å². The lowest BCUT2D eigenvalue weighted by atomic mass is 10.2. The fourth-order valence-corrected chi connectivity index (χ4v) is 2.18. The molecule has 0 aliphatic carbocycles. The molecule has 1 aromatic heterocycles. The highest BCUT2D eigenvalue weighted by atomic mass is 16.5. The van der Waals surface area contributed by atoms with Gasteiger partial charge >= 0.3 is 0 Å². The highest BCUT2D eigenvalue weighted by Crippen LogP contribution is 2.12. The number of hydrogen-bond donors (Lipinski definition) is 1. The van der Waals surface area contributed by atoms with E-state index in [4.69, 9.17) is 4.74 Å². The Morgan fingerprint density at radius 2 is 2.45 bits per heavy atom. The van der Waals surface area contributed by atoms with Gasteiger partial charge in [0, 0.05) is 18.7 Å². The van der Waals surface area contributed by atoms with E-state index < -0.39 is 0 Å². The summed E-state index contributed by atoms with van der Waals surface area (Å²) in [7, 11) is 0. The quantitative estimate of drug-likeness (QED) is 0.880. The summed E-state index contributed by atoms with van der Waals surface area (Å²) in [5.41, 5.74) is 1.33. The minimum Gasteiger partial charge on any atom is -0.376 e. The third-order valence-electron chi connectivity index (χ3n) is 3.24. The van der Waals surface area contributed by atoms with Crippen molar-refractivity contribution in [3.05, 3.63) is 36.2 Å². The summed E-state index contributed by atoms with van der Waals surface area (Å²) < 4.78 is 6.99. The van der Waals surface area contributed by atoms with E-state index in [9.17, 15) is 4.79 Å². The van der Waals surface area contributed by atoms with Crippen LogP contribution in [0.5, 0.6) is 0 Å². The van der Waals surface area contributed by atoms with E-state index >= 15 is 0 Å². The van der Waals surface area contributed by atoms with Gasteiger partial charge in [0.15, 0.2) is 0 Å². The lowest BCUT2D eigenvalue weighted by Crippen LogP contribution is -2.31. The third-order valence-corrected chi connectivity index (χ3v) is 3.24. The summed E-state index contributed by atoms with van der Waals surface area (Å²) in [6, 6.07) is 7.16. The molecule has 1 saturated heterocycles. The minimum absolute atomic E-state index is 0.115. The van der Waals surface area contributed by atoms with Gasteiger partial charge in [0.05, 0.1) is 11.8 Å². The smallest absolute Gasteiger partial charge is 0.251 e. The predicted molar refractivity (Wildman–Crippen MR) is 70.5 cm³/mol. The molecule has 0 spiro atoms. The van der Waals surface area contributed by atoms with Gasteiger partial charge in [0.25, 0.3) is 5.91 Å². The number of aromatic nitrogens is 4. The van der Waals surface area contributed by atoms with Crippen LogP contribution < -0.4 is 5.32 Å². The van der Waals surface area contributed by atoms with Crippen LogP contribution in [-0.4, -0.2) is 45.4 Å². The first-order valence-corrected chi connectivity index (χ1v) is 6.56. The van der Waals surface area contributed by atoms with Gasteiger partial charge in [-0.15, -0.1) is 5.10 Å². The van der Waals surface area contributed by atoms with Gasteiger partial charge in [-0.3, -0.25) is 4.79 Å². The van der Waals surface area contributed by atoms with Gasteiger partial charge in [-0.05, 0) is 41.5 Å². The summed E-state index contributed by atoms with van der Waals surface area (Å²) in [6.07, 6.45) is 3.70. The zero-order valence-electron chi connectivity index (χ0n) is 10.9. The summed E-state index contributed by atoms with van der Waals surface area (Å²) in [6.45, 7) is 1.34. The van der Waals surface area contributed by atoms with Crippen LogP contribution in [0.25, 0.3) is 5.69 Å². The second-order valence-electron chi connectivity index (χ2n) is 4.65. The number of nitrogens with one attached hydrogen (secondary N) is 1. The third kappa shape index (κ3) is 2.83. The number of carbonyl (C=O) groups excluding carboxylic acids is 1. The molecule has 7 heteroatoms. The van der Waals surface area contributed by atoms with Crippen LogP contribution in [-0.2, 0) is 4.74 Å². The number of ether oxygens (including phenoxy) is 1. The van der Waals surface area contributed by atoms with Crippen molar-refractivity contribution in [1.82, 2.24) is 25.5 Å². The molecule has 2 aromatic rings. The summed E-state index contributed by atoms with van der Waals surface area (Å²) in [5, 5.41) is 13.8. The first kappa shape index (κ1) is 12.7. The molecule has 1 N–H and O–H groups in total. The summed E-state index contributed by atoms with van der Waals surface area (Å²) in [4.78, 5) is 12.1. The maximum atomic E-state index is 12.1. The average molecular weight is 273 g/mol. The second-order valence-corrected chi connectivity index (χ2v) is 4.65. The molecule has 0 radical (unpaired) electrons. The molecule has 0 saturated carbocycles. The Morgan fingerprint density at radius 3 is 3.20 bits per heavy atom. The van der Waals surface area contributed by atoms with Crippen molar-refractivity contribution in [2.75, 3.05) is 13.2 Å². The first-order valence-electron chi connectivity index (χ1n) is 6.56. The number of benzene rings is 1. The summed E-state index contributed by atoms with van der Waals surface area (Å²) >= 11 is 0.